The fraction of sp³-hybridized carbons (Fsp3) is 0.435. The molecule has 2 aliphatic rings. The van der Waals surface area contributed by atoms with Crippen molar-refractivity contribution in [2.45, 2.75) is 26.0 Å². The monoisotopic (exact) mass is 412 g/mol. The number of hydrogen-bond acceptors (Lipinski definition) is 6. The van der Waals surface area contributed by atoms with Crippen molar-refractivity contribution in [3.63, 3.8) is 0 Å². The van der Waals surface area contributed by atoms with Gasteiger partial charge in [-0.05, 0) is 36.2 Å². The second kappa shape index (κ2) is 9.26. The third-order valence-electron chi connectivity index (χ3n) is 5.49. The van der Waals surface area contributed by atoms with Crippen LogP contribution in [0.25, 0.3) is 0 Å². The molecule has 0 radical (unpaired) electrons. The van der Waals surface area contributed by atoms with Crippen molar-refractivity contribution in [3.05, 3.63) is 48.0 Å². The molecule has 0 spiro atoms. The van der Waals surface area contributed by atoms with Crippen LogP contribution in [0.2, 0.25) is 0 Å². The predicted molar refractivity (Wildman–Crippen MR) is 112 cm³/mol. The van der Waals surface area contributed by atoms with Gasteiger partial charge in [-0.15, -0.1) is 0 Å². The highest BCUT2D eigenvalue weighted by atomic mass is 16.7. The molecule has 0 aromatic heterocycles. The van der Waals surface area contributed by atoms with Crippen molar-refractivity contribution in [1.82, 2.24) is 9.80 Å². The minimum atomic E-state index is -0.488. The molecule has 0 N–H and O–H groups in total. The maximum absolute atomic E-state index is 13.0. The van der Waals surface area contributed by atoms with Crippen molar-refractivity contribution in [2.24, 2.45) is 0 Å². The molecule has 4 rings (SSSR count). The molecule has 160 valence electrons. The summed E-state index contributed by atoms with van der Waals surface area (Å²) in [6.45, 7) is 6.14. The predicted octanol–water partition coefficient (Wildman–Crippen LogP) is 2.93. The van der Waals surface area contributed by atoms with Crippen LogP contribution in [0.4, 0.5) is 0 Å². The fourth-order valence-corrected chi connectivity index (χ4v) is 3.77. The summed E-state index contributed by atoms with van der Waals surface area (Å²) >= 11 is 0. The molecule has 2 aromatic carbocycles. The lowest BCUT2D eigenvalue weighted by Crippen LogP contribution is -2.52. The van der Waals surface area contributed by atoms with Crippen LogP contribution in [0.5, 0.6) is 23.0 Å². The quantitative estimate of drug-likeness (QED) is 0.697. The van der Waals surface area contributed by atoms with Gasteiger partial charge in [-0.3, -0.25) is 9.69 Å². The first-order valence-corrected chi connectivity index (χ1v) is 10.4. The standard InChI is InChI=1S/C23H28N2O5/c1-3-20(30-19-6-4-5-18(14-19)27-2)23(26)25-11-9-24(10-12-25)15-17-7-8-21-22(13-17)29-16-28-21/h4-8,13-14,20H,3,9-12,15-16H2,1-2H3/t20-/m1/s1. The van der Waals surface area contributed by atoms with E-state index in [0.717, 1.165) is 31.1 Å². The molecule has 0 unspecified atom stereocenters. The van der Waals surface area contributed by atoms with Crippen molar-refractivity contribution in [3.8, 4) is 23.0 Å². The Kier molecular flexibility index (Phi) is 6.28. The van der Waals surface area contributed by atoms with Crippen LogP contribution >= 0.6 is 0 Å². The second-order valence-electron chi connectivity index (χ2n) is 7.48. The summed E-state index contributed by atoms with van der Waals surface area (Å²) < 4.78 is 22.0. The van der Waals surface area contributed by atoms with Crippen LogP contribution in [0, 0.1) is 0 Å². The Morgan fingerprint density at radius 2 is 1.80 bits per heavy atom. The van der Waals surface area contributed by atoms with E-state index >= 15 is 0 Å². The van der Waals surface area contributed by atoms with Crippen molar-refractivity contribution in [1.29, 1.82) is 0 Å². The van der Waals surface area contributed by atoms with Gasteiger partial charge in [0.05, 0.1) is 7.11 Å². The van der Waals surface area contributed by atoms with Gasteiger partial charge in [0.2, 0.25) is 6.79 Å². The Labute approximate surface area is 177 Å². The summed E-state index contributed by atoms with van der Waals surface area (Å²) in [7, 11) is 1.62. The lowest BCUT2D eigenvalue weighted by atomic mass is 10.1. The van der Waals surface area contributed by atoms with Crippen LogP contribution in [0.15, 0.2) is 42.5 Å². The molecule has 2 aliphatic heterocycles. The number of amides is 1. The van der Waals surface area contributed by atoms with Crippen LogP contribution < -0.4 is 18.9 Å². The highest BCUT2D eigenvalue weighted by Crippen LogP contribution is 2.33. The summed E-state index contributed by atoms with van der Waals surface area (Å²) in [5, 5.41) is 0. The zero-order valence-electron chi connectivity index (χ0n) is 17.5. The van der Waals surface area contributed by atoms with E-state index in [9.17, 15) is 4.79 Å². The number of carbonyl (C=O) groups is 1. The lowest BCUT2D eigenvalue weighted by Gasteiger charge is -2.36. The molecular formula is C23H28N2O5. The van der Waals surface area contributed by atoms with Gasteiger partial charge in [-0.25, -0.2) is 0 Å². The number of ether oxygens (including phenoxy) is 4. The Balaban J connectivity index is 1.30. The minimum Gasteiger partial charge on any atom is -0.497 e. The van der Waals surface area contributed by atoms with E-state index in [1.165, 1.54) is 5.56 Å². The van der Waals surface area contributed by atoms with Gasteiger partial charge in [-0.2, -0.15) is 0 Å². The number of methoxy groups -OCH3 is 1. The Morgan fingerprint density at radius 1 is 1.03 bits per heavy atom. The van der Waals surface area contributed by atoms with E-state index in [1.54, 1.807) is 13.2 Å². The van der Waals surface area contributed by atoms with Crippen molar-refractivity contribution in [2.75, 3.05) is 40.1 Å². The molecule has 0 saturated carbocycles. The smallest absolute Gasteiger partial charge is 0.263 e. The molecule has 0 aliphatic carbocycles. The van der Waals surface area contributed by atoms with Crippen molar-refractivity contribution < 1.29 is 23.7 Å². The first-order valence-electron chi connectivity index (χ1n) is 10.4. The largest absolute Gasteiger partial charge is 0.497 e. The zero-order valence-corrected chi connectivity index (χ0v) is 17.5. The molecule has 0 bridgehead atoms. The van der Waals surface area contributed by atoms with E-state index in [1.807, 2.05) is 42.2 Å². The maximum atomic E-state index is 13.0. The third kappa shape index (κ3) is 4.62. The molecule has 7 heteroatoms. The summed E-state index contributed by atoms with van der Waals surface area (Å²) in [5.41, 5.74) is 1.19. The first kappa shape index (κ1) is 20.3. The third-order valence-corrected chi connectivity index (χ3v) is 5.49. The lowest BCUT2D eigenvalue weighted by molar-refractivity contribution is -0.140. The molecule has 7 nitrogen and oxygen atoms in total. The molecule has 1 atom stereocenters. The molecule has 1 fully saturated rings. The van der Waals surface area contributed by atoms with Crippen LogP contribution in [-0.2, 0) is 11.3 Å². The van der Waals surface area contributed by atoms with Gasteiger partial charge >= 0.3 is 0 Å². The molecule has 30 heavy (non-hydrogen) atoms. The fourth-order valence-electron chi connectivity index (χ4n) is 3.77. The summed E-state index contributed by atoms with van der Waals surface area (Å²) in [5.74, 6) is 3.02. The highest BCUT2D eigenvalue weighted by Gasteiger charge is 2.28. The van der Waals surface area contributed by atoms with Gasteiger partial charge in [0.1, 0.15) is 11.5 Å². The van der Waals surface area contributed by atoms with Gasteiger partial charge < -0.3 is 23.8 Å². The van der Waals surface area contributed by atoms with Gasteiger partial charge in [0.15, 0.2) is 17.6 Å². The zero-order chi connectivity index (χ0) is 20.9. The Morgan fingerprint density at radius 3 is 2.57 bits per heavy atom. The van der Waals surface area contributed by atoms with Gasteiger partial charge in [-0.1, -0.05) is 19.1 Å². The average Bonchev–Trinajstić information content (AvgIpc) is 3.25. The minimum absolute atomic E-state index is 0.0445. The number of rotatable bonds is 7. The normalized spacial score (nSPS) is 16.9. The number of nitrogens with zero attached hydrogens (tertiary/aromatic N) is 2. The number of hydrogen-bond donors (Lipinski definition) is 0. The molecule has 1 saturated heterocycles. The van der Waals surface area contributed by atoms with Gasteiger partial charge in [0.25, 0.3) is 5.91 Å². The number of piperazine rings is 1. The van der Waals surface area contributed by atoms with Crippen LogP contribution in [0.1, 0.15) is 18.9 Å². The van der Waals surface area contributed by atoms with Gasteiger partial charge in [0, 0.05) is 38.8 Å². The number of carbonyl (C=O) groups excluding carboxylic acids is 1. The maximum Gasteiger partial charge on any atom is 0.263 e. The van der Waals surface area contributed by atoms with E-state index in [-0.39, 0.29) is 12.7 Å². The summed E-state index contributed by atoms with van der Waals surface area (Å²) in [6, 6.07) is 13.4. The summed E-state index contributed by atoms with van der Waals surface area (Å²) in [4.78, 5) is 17.3. The van der Waals surface area contributed by atoms with E-state index in [4.69, 9.17) is 18.9 Å². The van der Waals surface area contributed by atoms with Crippen molar-refractivity contribution >= 4 is 5.91 Å². The van der Waals surface area contributed by atoms with Crippen LogP contribution in [0.3, 0.4) is 0 Å². The Bertz CT molecular complexity index is 880. The van der Waals surface area contributed by atoms with E-state index < -0.39 is 6.10 Å². The first-order chi connectivity index (χ1) is 14.7. The molecular weight excluding hydrogens is 384 g/mol. The van der Waals surface area contributed by atoms with Crippen LogP contribution in [-0.4, -0.2) is 61.9 Å². The number of benzene rings is 2. The number of fused-ring (bicyclic) bond motifs is 1. The molecule has 1 amide bonds. The highest BCUT2D eigenvalue weighted by molar-refractivity contribution is 5.81. The molecule has 2 heterocycles. The van der Waals surface area contributed by atoms with E-state index in [0.29, 0.717) is 31.0 Å². The SMILES string of the molecule is CC[C@@H](Oc1cccc(OC)c1)C(=O)N1CCN(Cc2ccc3c(c2)OCO3)CC1. The Hall–Kier alpha value is -2.93. The topological polar surface area (TPSA) is 60.5 Å². The van der Waals surface area contributed by atoms with E-state index in [2.05, 4.69) is 11.0 Å². The molecule has 2 aromatic rings. The summed E-state index contributed by atoms with van der Waals surface area (Å²) in [6.07, 6.45) is 0.130. The second-order valence-corrected chi connectivity index (χ2v) is 7.48. The average molecular weight is 412 g/mol.